The fourth-order valence-corrected chi connectivity index (χ4v) is 4.24. The van der Waals surface area contributed by atoms with E-state index >= 15 is 0 Å². The smallest absolute Gasteiger partial charge is 0.283 e. The standard InChI is InChI=1S/C21H20N2O3S/c1-6-9-23-19-14(3)10-13(2)11-18(19)27-21(23)22-20(24)16-8-7-15(25-4)12-17(16)26-5/h1,7-8,10-12H,9H2,2-5H3. The number of hydrogen-bond donors (Lipinski definition) is 0. The largest absolute Gasteiger partial charge is 0.497 e. The Balaban J connectivity index is 2.19. The van der Waals surface area contributed by atoms with Crippen LogP contribution in [0.15, 0.2) is 35.3 Å². The van der Waals surface area contributed by atoms with E-state index in [1.807, 2.05) is 18.4 Å². The normalized spacial score (nSPS) is 11.4. The van der Waals surface area contributed by atoms with Gasteiger partial charge in [0.2, 0.25) is 0 Å². The lowest BCUT2D eigenvalue weighted by Crippen LogP contribution is -2.17. The molecule has 138 valence electrons. The highest BCUT2D eigenvalue weighted by molar-refractivity contribution is 7.16. The summed E-state index contributed by atoms with van der Waals surface area (Å²) in [4.78, 5) is 17.7. The van der Waals surface area contributed by atoms with Gasteiger partial charge in [0.25, 0.3) is 5.91 Å². The molecular formula is C21H20N2O3S. The number of fused-ring (bicyclic) bond motifs is 1. The summed E-state index contributed by atoms with van der Waals surface area (Å²) in [7, 11) is 3.07. The summed E-state index contributed by atoms with van der Waals surface area (Å²) >= 11 is 1.45. The quantitative estimate of drug-likeness (QED) is 0.649. The Hall–Kier alpha value is -3.04. The average Bonchev–Trinajstić information content (AvgIpc) is 2.98. The number of rotatable bonds is 4. The van der Waals surface area contributed by atoms with Gasteiger partial charge in [-0.15, -0.1) is 6.42 Å². The van der Waals surface area contributed by atoms with Crippen LogP contribution < -0.4 is 14.3 Å². The second-order valence-corrected chi connectivity index (χ2v) is 7.10. The van der Waals surface area contributed by atoms with Gasteiger partial charge in [0.1, 0.15) is 11.5 Å². The number of carbonyl (C=O) groups excluding carboxylic acids is 1. The van der Waals surface area contributed by atoms with Crippen LogP contribution in [0.4, 0.5) is 0 Å². The van der Waals surface area contributed by atoms with Crippen molar-refractivity contribution in [3.8, 4) is 23.8 Å². The average molecular weight is 380 g/mol. The van der Waals surface area contributed by atoms with Gasteiger partial charge in [0, 0.05) is 6.07 Å². The molecule has 2 aromatic carbocycles. The predicted molar refractivity (Wildman–Crippen MR) is 108 cm³/mol. The highest BCUT2D eigenvalue weighted by Gasteiger charge is 2.15. The van der Waals surface area contributed by atoms with Gasteiger partial charge in [-0.25, -0.2) is 0 Å². The molecule has 0 radical (unpaired) electrons. The van der Waals surface area contributed by atoms with Gasteiger partial charge in [0.15, 0.2) is 4.80 Å². The molecule has 0 fully saturated rings. The van der Waals surface area contributed by atoms with E-state index in [9.17, 15) is 4.79 Å². The Labute approximate surface area is 161 Å². The third kappa shape index (κ3) is 3.60. The first kappa shape index (κ1) is 18.7. The topological polar surface area (TPSA) is 52.8 Å². The molecule has 0 atom stereocenters. The summed E-state index contributed by atoms with van der Waals surface area (Å²) in [5.41, 5.74) is 3.64. The number of ether oxygens (including phenoxy) is 2. The number of aromatic nitrogens is 1. The molecule has 1 aromatic heterocycles. The molecule has 0 aliphatic heterocycles. The van der Waals surface area contributed by atoms with Crippen molar-refractivity contribution >= 4 is 27.5 Å². The molecule has 0 N–H and O–H groups in total. The number of benzene rings is 2. The number of thiazole rings is 1. The first-order chi connectivity index (χ1) is 13.0. The molecule has 3 aromatic rings. The molecule has 0 saturated heterocycles. The Bertz CT molecular complexity index is 1130. The van der Waals surface area contributed by atoms with Gasteiger partial charge in [-0.05, 0) is 43.2 Å². The highest BCUT2D eigenvalue weighted by Crippen LogP contribution is 2.26. The molecule has 0 aliphatic rings. The van der Waals surface area contributed by atoms with E-state index in [0.717, 1.165) is 21.3 Å². The lowest BCUT2D eigenvalue weighted by atomic mass is 10.1. The number of nitrogens with zero attached hydrogens (tertiary/aromatic N) is 2. The van der Waals surface area contributed by atoms with E-state index in [-0.39, 0.29) is 5.91 Å². The van der Waals surface area contributed by atoms with Crippen LogP contribution in [0.1, 0.15) is 21.5 Å². The van der Waals surface area contributed by atoms with Crippen molar-refractivity contribution in [2.75, 3.05) is 14.2 Å². The van der Waals surface area contributed by atoms with Gasteiger partial charge < -0.3 is 14.0 Å². The zero-order valence-electron chi connectivity index (χ0n) is 15.7. The van der Waals surface area contributed by atoms with E-state index in [4.69, 9.17) is 15.9 Å². The minimum Gasteiger partial charge on any atom is -0.497 e. The number of hydrogen-bond acceptors (Lipinski definition) is 4. The summed E-state index contributed by atoms with van der Waals surface area (Å²) in [5.74, 6) is 3.29. The van der Waals surface area contributed by atoms with Crippen molar-refractivity contribution < 1.29 is 14.3 Å². The fourth-order valence-electron chi connectivity index (χ4n) is 3.04. The van der Waals surface area contributed by atoms with E-state index in [2.05, 4.69) is 23.0 Å². The minimum atomic E-state index is -0.388. The Morgan fingerprint density at radius 2 is 2.00 bits per heavy atom. The summed E-state index contributed by atoms with van der Waals surface area (Å²) in [5, 5.41) is 0. The van der Waals surface area contributed by atoms with Gasteiger partial charge in [-0.2, -0.15) is 4.99 Å². The lowest BCUT2D eigenvalue weighted by Gasteiger charge is -2.07. The van der Waals surface area contributed by atoms with E-state index in [0.29, 0.717) is 28.4 Å². The maximum atomic E-state index is 12.8. The Morgan fingerprint density at radius 3 is 2.67 bits per heavy atom. The van der Waals surface area contributed by atoms with Crippen LogP contribution in [0.25, 0.3) is 10.2 Å². The first-order valence-corrected chi connectivity index (χ1v) is 9.15. The zero-order chi connectivity index (χ0) is 19.6. The van der Waals surface area contributed by atoms with Crippen LogP contribution in [0, 0.1) is 26.2 Å². The van der Waals surface area contributed by atoms with E-state index in [1.54, 1.807) is 25.3 Å². The third-order valence-electron chi connectivity index (χ3n) is 4.20. The fraction of sp³-hybridized carbons (Fsp3) is 0.238. The molecule has 1 heterocycles. The third-order valence-corrected chi connectivity index (χ3v) is 5.22. The molecule has 0 spiro atoms. The highest BCUT2D eigenvalue weighted by atomic mass is 32.1. The molecule has 0 unspecified atom stereocenters. The molecule has 0 bridgehead atoms. The Morgan fingerprint density at radius 1 is 1.22 bits per heavy atom. The number of terminal acetylenes is 1. The van der Waals surface area contributed by atoms with Gasteiger partial charge >= 0.3 is 0 Å². The van der Waals surface area contributed by atoms with Crippen LogP contribution >= 0.6 is 11.3 Å². The molecule has 1 amide bonds. The monoisotopic (exact) mass is 380 g/mol. The molecule has 0 saturated carbocycles. The molecule has 3 rings (SSSR count). The number of methoxy groups -OCH3 is 2. The second-order valence-electron chi connectivity index (χ2n) is 6.09. The van der Waals surface area contributed by atoms with Crippen molar-refractivity contribution in [1.82, 2.24) is 4.57 Å². The van der Waals surface area contributed by atoms with Crippen molar-refractivity contribution in [2.24, 2.45) is 4.99 Å². The maximum absolute atomic E-state index is 12.8. The van der Waals surface area contributed by atoms with Crippen molar-refractivity contribution in [2.45, 2.75) is 20.4 Å². The number of amides is 1. The van der Waals surface area contributed by atoms with Crippen molar-refractivity contribution in [1.29, 1.82) is 0 Å². The molecule has 0 aliphatic carbocycles. The van der Waals surface area contributed by atoms with E-state index < -0.39 is 0 Å². The Kier molecular flexibility index (Phi) is 5.33. The molecule has 6 heteroatoms. The molecule has 27 heavy (non-hydrogen) atoms. The number of aryl methyl sites for hydroxylation is 2. The van der Waals surface area contributed by atoms with Crippen LogP contribution in [-0.2, 0) is 6.54 Å². The summed E-state index contributed by atoms with van der Waals surface area (Å²) in [6, 6.07) is 9.20. The summed E-state index contributed by atoms with van der Waals surface area (Å²) < 4.78 is 13.5. The van der Waals surface area contributed by atoms with Gasteiger partial charge in [-0.3, -0.25) is 4.79 Å². The predicted octanol–water partition coefficient (Wildman–Crippen LogP) is 3.71. The number of carbonyl (C=O) groups is 1. The maximum Gasteiger partial charge on any atom is 0.283 e. The van der Waals surface area contributed by atoms with Crippen LogP contribution in [0.2, 0.25) is 0 Å². The SMILES string of the molecule is C#CCn1c(=NC(=O)c2ccc(OC)cc2OC)sc2cc(C)cc(C)c21. The van der Waals surface area contributed by atoms with Gasteiger partial charge in [0.05, 0.1) is 36.5 Å². The van der Waals surface area contributed by atoms with Crippen LogP contribution in [0.3, 0.4) is 0 Å². The molecule has 5 nitrogen and oxygen atoms in total. The van der Waals surface area contributed by atoms with Crippen molar-refractivity contribution in [3.05, 3.63) is 51.8 Å². The molecular weight excluding hydrogens is 360 g/mol. The zero-order valence-corrected chi connectivity index (χ0v) is 16.5. The van der Waals surface area contributed by atoms with Crippen LogP contribution in [-0.4, -0.2) is 24.7 Å². The van der Waals surface area contributed by atoms with Gasteiger partial charge in [-0.1, -0.05) is 23.3 Å². The lowest BCUT2D eigenvalue weighted by molar-refractivity contribution is 0.0995. The summed E-state index contributed by atoms with van der Waals surface area (Å²) in [6.45, 7) is 4.42. The van der Waals surface area contributed by atoms with Crippen molar-refractivity contribution in [3.63, 3.8) is 0 Å². The van der Waals surface area contributed by atoms with E-state index in [1.165, 1.54) is 18.4 Å². The minimum absolute atomic E-state index is 0.343. The van der Waals surface area contributed by atoms with Crippen LogP contribution in [0.5, 0.6) is 11.5 Å². The second kappa shape index (κ2) is 7.68. The first-order valence-electron chi connectivity index (χ1n) is 8.33. The summed E-state index contributed by atoms with van der Waals surface area (Å²) in [6.07, 6.45) is 5.55.